The molecule has 0 unspecified atom stereocenters. The van der Waals surface area contributed by atoms with E-state index in [1.165, 1.54) is 23.9 Å². The van der Waals surface area contributed by atoms with E-state index < -0.39 is 4.87 Å². The Balaban J connectivity index is 1.65. The van der Waals surface area contributed by atoms with Crippen molar-refractivity contribution in [2.75, 3.05) is 15.6 Å². The number of amides is 2. The highest BCUT2D eigenvalue weighted by molar-refractivity contribution is 8.01. The lowest BCUT2D eigenvalue weighted by molar-refractivity contribution is -0.125. The van der Waals surface area contributed by atoms with Gasteiger partial charge in [0.15, 0.2) is 0 Å². The van der Waals surface area contributed by atoms with Gasteiger partial charge in [-0.05, 0) is 60.9 Å². The Bertz CT molecular complexity index is 1230. The van der Waals surface area contributed by atoms with Gasteiger partial charge in [0, 0.05) is 23.4 Å². The molecule has 0 saturated carbocycles. The molecule has 0 aliphatic carbocycles. The average Bonchev–Trinajstić information content (AvgIpc) is 3.01. The number of fused-ring (bicyclic) bond motifs is 2. The highest BCUT2D eigenvalue weighted by atomic mass is 32.2. The van der Waals surface area contributed by atoms with Gasteiger partial charge in [-0.2, -0.15) is 0 Å². The molecule has 2 amide bonds. The summed E-state index contributed by atoms with van der Waals surface area (Å²) in [5.74, 6) is 0.0655. The second kappa shape index (κ2) is 7.78. The van der Waals surface area contributed by atoms with Gasteiger partial charge in [-0.1, -0.05) is 36.4 Å². The highest BCUT2D eigenvalue weighted by Gasteiger charge is 2.58. The number of anilines is 2. The van der Waals surface area contributed by atoms with E-state index in [0.717, 1.165) is 33.6 Å². The van der Waals surface area contributed by atoms with Crippen LogP contribution in [0.5, 0.6) is 0 Å². The predicted molar refractivity (Wildman–Crippen MR) is 126 cm³/mol. The summed E-state index contributed by atoms with van der Waals surface area (Å²) in [5, 5.41) is 0. The lowest BCUT2D eigenvalue weighted by Crippen LogP contribution is -2.56. The van der Waals surface area contributed by atoms with Crippen molar-refractivity contribution >= 4 is 35.0 Å². The number of benzene rings is 3. The molecule has 3 aromatic rings. The van der Waals surface area contributed by atoms with Gasteiger partial charge in [-0.25, -0.2) is 4.39 Å². The lowest BCUT2D eigenvalue weighted by atomic mass is 10.0. The van der Waals surface area contributed by atoms with Crippen LogP contribution in [0.4, 0.5) is 15.8 Å². The fraction of sp³-hybridized carbons (Fsp3) is 0.231. The van der Waals surface area contributed by atoms with Gasteiger partial charge in [0.25, 0.3) is 5.91 Å². The Kier molecular flexibility index (Phi) is 5.05. The smallest absolute Gasteiger partial charge is 0.269 e. The molecule has 2 heterocycles. The third-order valence-electron chi connectivity index (χ3n) is 6.29. The van der Waals surface area contributed by atoms with Crippen LogP contribution >= 0.6 is 11.8 Å². The van der Waals surface area contributed by atoms with E-state index in [1.54, 1.807) is 21.9 Å². The molecule has 0 bridgehead atoms. The molecule has 2 aliphatic rings. The second-order valence-electron chi connectivity index (χ2n) is 8.28. The molecule has 3 aromatic carbocycles. The predicted octanol–water partition coefficient (Wildman–Crippen LogP) is 5.31. The van der Waals surface area contributed by atoms with Crippen LogP contribution in [0.15, 0.2) is 66.7 Å². The minimum atomic E-state index is -1.15. The minimum Gasteiger partial charge on any atom is -0.304 e. The summed E-state index contributed by atoms with van der Waals surface area (Å²) in [5.41, 5.74) is 5.38. The molecular weight excluding hydrogens is 423 g/mol. The number of hydrogen-bond donors (Lipinski definition) is 0. The van der Waals surface area contributed by atoms with Crippen molar-refractivity contribution in [3.63, 3.8) is 0 Å². The number of rotatable bonds is 3. The summed E-state index contributed by atoms with van der Waals surface area (Å²) in [4.78, 5) is 29.7. The van der Waals surface area contributed by atoms with Gasteiger partial charge in [-0.15, -0.1) is 11.8 Å². The topological polar surface area (TPSA) is 40.6 Å². The Labute approximate surface area is 191 Å². The Morgan fingerprint density at radius 1 is 0.969 bits per heavy atom. The maximum atomic E-state index is 14.1. The largest absolute Gasteiger partial charge is 0.304 e. The van der Waals surface area contributed by atoms with Gasteiger partial charge >= 0.3 is 0 Å². The standard InChI is InChI=1S/C26H23FN2O2S/c1-17-7-12-21(15-18(17)2)29-24(30)13-14-32-26(29)22-5-3-4-6-23(22)28(25(26)31)16-19-8-10-20(27)11-9-19/h3-12,15H,13-14,16H2,1-2H3/t26-/m0/s1. The minimum absolute atomic E-state index is 0.0567. The number of nitrogens with zero attached hydrogens (tertiary/aromatic N) is 2. The van der Waals surface area contributed by atoms with E-state index in [2.05, 4.69) is 0 Å². The Morgan fingerprint density at radius 2 is 1.72 bits per heavy atom. The van der Waals surface area contributed by atoms with Gasteiger partial charge < -0.3 is 4.90 Å². The normalized spacial score (nSPS) is 20.2. The number of para-hydroxylation sites is 1. The number of thioether (sulfide) groups is 1. The molecule has 2 aliphatic heterocycles. The number of halogens is 1. The fourth-order valence-electron chi connectivity index (χ4n) is 4.52. The van der Waals surface area contributed by atoms with Crippen molar-refractivity contribution < 1.29 is 14.0 Å². The molecule has 6 heteroatoms. The molecular formula is C26H23FN2O2S. The molecule has 1 fully saturated rings. The highest BCUT2D eigenvalue weighted by Crippen LogP contribution is 2.55. The van der Waals surface area contributed by atoms with E-state index in [0.29, 0.717) is 18.7 Å². The quantitative estimate of drug-likeness (QED) is 0.547. The van der Waals surface area contributed by atoms with Crippen molar-refractivity contribution in [2.45, 2.75) is 31.7 Å². The zero-order valence-electron chi connectivity index (χ0n) is 18.0. The average molecular weight is 447 g/mol. The van der Waals surface area contributed by atoms with E-state index in [9.17, 15) is 14.0 Å². The molecule has 4 nitrogen and oxygen atoms in total. The Morgan fingerprint density at radius 3 is 2.47 bits per heavy atom. The van der Waals surface area contributed by atoms with Crippen LogP contribution in [-0.2, 0) is 21.0 Å². The molecule has 0 N–H and O–H groups in total. The second-order valence-corrected chi connectivity index (χ2v) is 9.56. The molecule has 1 spiro atoms. The number of aryl methyl sites for hydroxylation is 2. The van der Waals surface area contributed by atoms with Crippen LogP contribution in [0.3, 0.4) is 0 Å². The zero-order chi connectivity index (χ0) is 22.5. The number of carbonyl (C=O) groups is 2. The van der Waals surface area contributed by atoms with Crippen LogP contribution in [0.25, 0.3) is 0 Å². The van der Waals surface area contributed by atoms with Crippen molar-refractivity contribution in [3.8, 4) is 0 Å². The van der Waals surface area contributed by atoms with Crippen LogP contribution in [0.1, 0.15) is 28.7 Å². The maximum absolute atomic E-state index is 14.1. The Hall–Kier alpha value is -3.12. The molecule has 32 heavy (non-hydrogen) atoms. The summed E-state index contributed by atoms with van der Waals surface area (Å²) in [6.07, 6.45) is 0.382. The molecule has 1 saturated heterocycles. The zero-order valence-corrected chi connectivity index (χ0v) is 18.8. The van der Waals surface area contributed by atoms with Gasteiger partial charge in [0.2, 0.25) is 10.8 Å². The van der Waals surface area contributed by atoms with Gasteiger partial charge in [0.1, 0.15) is 5.82 Å². The van der Waals surface area contributed by atoms with Crippen LogP contribution in [0.2, 0.25) is 0 Å². The van der Waals surface area contributed by atoms with E-state index in [1.807, 2.05) is 56.3 Å². The first-order chi connectivity index (χ1) is 15.4. The van der Waals surface area contributed by atoms with Gasteiger partial charge in [0.05, 0.1) is 12.2 Å². The monoisotopic (exact) mass is 446 g/mol. The van der Waals surface area contributed by atoms with Crippen molar-refractivity contribution in [3.05, 3.63) is 94.8 Å². The molecule has 0 aromatic heterocycles. The number of hydrogen-bond acceptors (Lipinski definition) is 3. The van der Waals surface area contributed by atoms with Crippen LogP contribution in [0, 0.1) is 19.7 Å². The molecule has 0 radical (unpaired) electrons. The summed E-state index contributed by atoms with van der Waals surface area (Å²) in [7, 11) is 0. The van der Waals surface area contributed by atoms with E-state index in [4.69, 9.17) is 0 Å². The summed E-state index contributed by atoms with van der Waals surface area (Å²) >= 11 is 1.51. The van der Waals surface area contributed by atoms with Crippen LogP contribution < -0.4 is 9.80 Å². The third-order valence-corrected chi connectivity index (χ3v) is 7.69. The first-order valence-electron chi connectivity index (χ1n) is 10.6. The summed E-state index contributed by atoms with van der Waals surface area (Å²) in [6, 6.07) is 19.8. The number of carbonyl (C=O) groups excluding carboxylic acids is 2. The summed E-state index contributed by atoms with van der Waals surface area (Å²) < 4.78 is 13.4. The first-order valence-corrected chi connectivity index (χ1v) is 11.6. The van der Waals surface area contributed by atoms with Crippen LogP contribution in [-0.4, -0.2) is 17.6 Å². The van der Waals surface area contributed by atoms with Crippen molar-refractivity contribution in [1.82, 2.24) is 0 Å². The first kappa shape index (κ1) is 20.8. The molecule has 5 rings (SSSR count). The fourth-order valence-corrected chi connectivity index (χ4v) is 5.99. The lowest BCUT2D eigenvalue weighted by Gasteiger charge is -2.43. The maximum Gasteiger partial charge on any atom is 0.269 e. The molecule has 1 atom stereocenters. The summed E-state index contributed by atoms with van der Waals surface area (Å²) in [6.45, 7) is 4.35. The molecule has 162 valence electrons. The van der Waals surface area contributed by atoms with Gasteiger partial charge in [-0.3, -0.25) is 14.5 Å². The van der Waals surface area contributed by atoms with E-state index in [-0.39, 0.29) is 17.6 Å². The van der Waals surface area contributed by atoms with Crippen molar-refractivity contribution in [1.29, 1.82) is 0 Å². The van der Waals surface area contributed by atoms with E-state index >= 15 is 0 Å². The third kappa shape index (κ3) is 3.13. The SMILES string of the molecule is Cc1ccc(N2C(=O)CCS[C@@]23C(=O)N(Cc2ccc(F)cc2)c2ccccc23)cc1C. The van der Waals surface area contributed by atoms with Crippen molar-refractivity contribution in [2.24, 2.45) is 0 Å².